The molecule has 0 atom stereocenters. The first-order chi connectivity index (χ1) is 7.43. The van der Waals surface area contributed by atoms with E-state index in [9.17, 15) is 0 Å². The Balaban J connectivity index is 0.000000921. The molecule has 0 unspecified atom stereocenters. The van der Waals surface area contributed by atoms with Crippen molar-refractivity contribution >= 4 is 13.6 Å². The first-order valence-electron chi connectivity index (χ1n) is 5.23. The molecule has 0 saturated heterocycles. The third-order valence-corrected chi connectivity index (χ3v) is 1.92. The molecule has 80 valence electrons. The average molecular weight is 323 g/mol. The molecule has 0 saturated carbocycles. The summed E-state index contributed by atoms with van der Waals surface area (Å²) in [6.45, 7) is 3.77. The van der Waals surface area contributed by atoms with Crippen molar-refractivity contribution in [2.24, 2.45) is 0 Å². The number of halogens is 1. The second kappa shape index (κ2) is 12.4. The van der Waals surface area contributed by atoms with Gasteiger partial charge in [0.25, 0.3) is 0 Å². The van der Waals surface area contributed by atoms with Crippen molar-refractivity contribution < 1.29 is 21.1 Å². The summed E-state index contributed by atoms with van der Waals surface area (Å²) in [7, 11) is 0. The van der Waals surface area contributed by atoms with E-state index in [4.69, 9.17) is 4.74 Å². The van der Waals surface area contributed by atoms with E-state index < -0.39 is 0 Å². The van der Waals surface area contributed by atoms with Crippen LogP contribution in [0.15, 0.2) is 24.3 Å². The van der Waals surface area contributed by atoms with E-state index in [1.54, 1.807) is 0 Å². The molecule has 0 bridgehead atoms. The van der Waals surface area contributed by atoms with Crippen molar-refractivity contribution in [2.75, 3.05) is 6.61 Å². The number of rotatable bonds is 6. The van der Waals surface area contributed by atoms with Crippen molar-refractivity contribution in [1.29, 1.82) is 0 Å². The minimum absolute atomic E-state index is 0.699. The molecule has 0 radical (unpaired) electrons. The van der Waals surface area contributed by atoms with E-state index in [0.717, 1.165) is 12.2 Å². The van der Waals surface area contributed by atoms with E-state index in [-0.39, 0.29) is 0 Å². The van der Waals surface area contributed by atoms with Gasteiger partial charge in [-0.15, -0.1) is 5.56 Å². The Hall–Kier alpha value is 0.283. The predicted molar refractivity (Wildman–Crippen MR) is 63.4 cm³/mol. The summed E-state index contributed by atoms with van der Waals surface area (Å²) in [5, 5.41) is 0. The third-order valence-electron chi connectivity index (χ3n) is 1.92. The van der Waals surface area contributed by atoms with Gasteiger partial charge in [-0.3, -0.25) is 0 Å². The van der Waals surface area contributed by atoms with Crippen molar-refractivity contribution in [3.05, 3.63) is 35.9 Å². The van der Waals surface area contributed by atoms with E-state index in [1.165, 1.54) is 35.6 Å². The van der Waals surface area contributed by atoms with E-state index >= 15 is 0 Å². The molecule has 1 aromatic rings. The number of hydrogen-bond acceptors (Lipinski definition) is 1. The number of benzene rings is 1. The van der Waals surface area contributed by atoms with Crippen LogP contribution in [0.3, 0.4) is 0 Å². The Morgan fingerprint density at radius 3 is 2.73 bits per heavy atom. The maximum absolute atomic E-state index is 5.49. The summed E-state index contributed by atoms with van der Waals surface area (Å²) in [6, 6.07) is 11.1. The van der Waals surface area contributed by atoms with Gasteiger partial charge in [0.05, 0.1) is 0 Å². The molecule has 0 aliphatic rings. The summed E-state index contributed by atoms with van der Waals surface area (Å²) in [4.78, 5) is 0. The van der Waals surface area contributed by atoms with E-state index in [2.05, 4.69) is 26.6 Å². The topological polar surface area (TPSA) is 9.23 Å². The van der Waals surface area contributed by atoms with Crippen LogP contribution in [-0.2, 0) is 27.7 Å². The van der Waals surface area contributed by atoms with Crippen LogP contribution in [0.4, 0.5) is 0 Å². The SMILES string of the molecule is CCCCCOCc1[c-]cccc1.[Zn+][Br]. The van der Waals surface area contributed by atoms with Crippen LogP contribution < -0.4 is 0 Å². The number of ether oxygens (including phenoxy) is 1. The average Bonchev–Trinajstić information content (AvgIpc) is 2.33. The van der Waals surface area contributed by atoms with Crippen molar-refractivity contribution in [3.8, 4) is 0 Å². The first kappa shape index (κ1) is 15.3. The molecule has 0 heterocycles. The summed E-state index contributed by atoms with van der Waals surface area (Å²) in [5.41, 5.74) is 1.14. The van der Waals surface area contributed by atoms with Gasteiger partial charge in [0.1, 0.15) is 0 Å². The van der Waals surface area contributed by atoms with Crippen molar-refractivity contribution in [1.82, 2.24) is 0 Å². The van der Waals surface area contributed by atoms with Crippen LogP contribution in [0, 0.1) is 6.07 Å². The molecule has 0 aliphatic carbocycles. The predicted octanol–water partition coefficient (Wildman–Crippen LogP) is 4.04. The summed E-state index contributed by atoms with van der Waals surface area (Å²) in [5.74, 6) is 0. The third kappa shape index (κ3) is 9.23. The van der Waals surface area contributed by atoms with Crippen LogP contribution in [0.1, 0.15) is 31.7 Å². The Kier molecular flexibility index (Phi) is 12.6. The molecule has 0 spiro atoms. The van der Waals surface area contributed by atoms with E-state index in [1.807, 2.05) is 24.3 Å². The monoisotopic (exact) mass is 320 g/mol. The second-order valence-corrected chi connectivity index (χ2v) is 3.15. The molecular formula is C12H17BrOZn. The van der Waals surface area contributed by atoms with Crippen LogP contribution in [0.5, 0.6) is 0 Å². The molecule has 1 rings (SSSR count). The summed E-state index contributed by atoms with van der Waals surface area (Å²) >= 11 is 4.25. The fourth-order valence-corrected chi connectivity index (χ4v) is 1.16. The zero-order valence-electron chi connectivity index (χ0n) is 9.34. The van der Waals surface area contributed by atoms with Crippen LogP contribution in [-0.4, -0.2) is 6.61 Å². The standard InChI is InChI=1S/C12H17O.BrH.Zn/c1-2-3-7-10-13-11-12-8-5-4-6-9-12;;/h4-6,8H,2-3,7,10-11H2,1H3;1H;/q-1;;+2/p-1. The Bertz CT molecular complexity index is 216. The molecule has 0 aliphatic heterocycles. The first-order valence-corrected chi connectivity index (χ1v) is 12.2. The van der Waals surface area contributed by atoms with Gasteiger partial charge < -0.3 is 4.74 Å². The van der Waals surface area contributed by atoms with Gasteiger partial charge in [0, 0.05) is 13.2 Å². The number of unbranched alkanes of at least 4 members (excludes halogenated alkanes) is 2. The molecule has 15 heavy (non-hydrogen) atoms. The van der Waals surface area contributed by atoms with Gasteiger partial charge in [-0.25, -0.2) is 0 Å². The minimum atomic E-state index is 0.699. The van der Waals surface area contributed by atoms with Gasteiger partial charge in [-0.2, -0.15) is 30.3 Å². The summed E-state index contributed by atoms with van der Waals surface area (Å²) < 4.78 is 5.49. The van der Waals surface area contributed by atoms with Gasteiger partial charge >= 0.3 is 30.0 Å². The fourth-order valence-electron chi connectivity index (χ4n) is 1.16. The van der Waals surface area contributed by atoms with Crippen LogP contribution in [0.25, 0.3) is 0 Å². The van der Waals surface area contributed by atoms with Crippen molar-refractivity contribution in [2.45, 2.75) is 32.8 Å². The maximum atomic E-state index is 5.49. The normalized spacial score (nSPS) is 9.33. The quantitative estimate of drug-likeness (QED) is 0.436. The molecule has 1 nitrogen and oxygen atoms in total. The molecule has 0 aromatic heterocycles. The Morgan fingerprint density at radius 1 is 1.33 bits per heavy atom. The number of hydrogen-bond donors (Lipinski definition) is 0. The molecule has 0 amide bonds. The molecular weight excluding hydrogens is 305 g/mol. The fraction of sp³-hybridized carbons (Fsp3) is 0.500. The summed E-state index contributed by atoms with van der Waals surface area (Å²) in [6.07, 6.45) is 3.68. The van der Waals surface area contributed by atoms with Gasteiger partial charge in [0.2, 0.25) is 0 Å². The van der Waals surface area contributed by atoms with Gasteiger partial charge in [-0.1, -0.05) is 19.8 Å². The second-order valence-electron chi connectivity index (χ2n) is 3.15. The molecule has 0 fully saturated rings. The zero-order valence-corrected chi connectivity index (χ0v) is 13.9. The van der Waals surface area contributed by atoms with Gasteiger partial charge in [-0.05, 0) is 6.42 Å². The van der Waals surface area contributed by atoms with Crippen LogP contribution in [0.2, 0.25) is 0 Å². The molecule has 0 N–H and O–H groups in total. The van der Waals surface area contributed by atoms with Gasteiger partial charge in [0.15, 0.2) is 0 Å². The molecule has 1 aromatic carbocycles. The Morgan fingerprint density at radius 2 is 2.13 bits per heavy atom. The molecule has 3 heteroatoms. The van der Waals surface area contributed by atoms with Crippen molar-refractivity contribution in [3.63, 3.8) is 0 Å². The Labute approximate surface area is 110 Å². The van der Waals surface area contributed by atoms with E-state index in [0.29, 0.717) is 6.61 Å². The van der Waals surface area contributed by atoms with Crippen LogP contribution >= 0.6 is 13.6 Å². The zero-order chi connectivity index (χ0) is 11.4.